The zero-order valence-electron chi connectivity index (χ0n) is 11.8. The van der Waals surface area contributed by atoms with Crippen LogP contribution in [0, 0.1) is 5.92 Å². The minimum atomic E-state index is 0.675. The van der Waals surface area contributed by atoms with E-state index in [9.17, 15) is 0 Å². The highest BCUT2D eigenvalue weighted by atomic mass is 32.2. The van der Waals surface area contributed by atoms with Crippen LogP contribution in [0.3, 0.4) is 0 Å². The number of imidazole rings is 1. The fourth-order valence-electron chi connectivity index (χ4n) is 1.79. The molecule has 0 fully saturated rings. The van der Waals surface area contributed by atoms with Crippen molar-refractivity contribution in [3.05, 3.63) is 42.2 Å². The Balaban J connectivity index is 2.06. The smallest absolute Gasteiger partial charge is 0.172 e. The summed E-state index contributed by atoms with van der Waals surface area (Å²) in [4.78, 5) is 5.64. The van der Waals surface area contributed by atoms with Gasteiger partial charge in [0.25, 0.3) is 0 Å². The fraction of sp³-hybridized carbons (Fsp3) is 0.400. The van der Waals surface area contributed by atoms with Crippen LogP contribution in [0.25, 0.3) is 0 Å². The Bertz CT molecular complexity index is 520. The molecule has 2 rings (SSSR count). The number of hydrogen-bond acceptors (Lipinski definition) is 3. The van der Waals surface area contributed by atoms with Gasteiger partial charge in [-0.2, -0.15) is 0 Å². The predicted molar refractivity (Wildman–Crippen MR) is 80.3 cm³/mol. The first-order chi connectivity index (χ1) is 9.16. The molecule has 0 spiro atoms. The third-order valence-electron chi connectivity index (χ3n) is 2.82. The van der Waals surface area contributed by atoms with E-state index in [1.54, 1.807) is 11.8 Å². The highest BCUT2D eigenvalue weighted by molar-refractivity contribution is 7.99. The maximum absolute atomic E-state index is 4.37. The fourth-order valence-corrected chi connectivity index (χ4v) is 2.73. The standard InChI is InChI=1S/C15H21N3S/c1-12(2)10-16-11-13-6-4-5-7-14(13)19-15-17-8-9-18(15)3/h4-9,12,16H,10-11H2,1-3H3. The molecule has 1 aromatic carbocycles. The van der Waals surface area contributed by atoms with Crippen molar-refractivity contribution in [1.29, 1.82) is 0 Å². The molecule has 0 saturated heterocycles. The Hall–Kier alpha value is -1.26. The van der Waals surface area contributed by atoms with E-state index in [0.29, 0.717) is 5.92 Å². The van der Waals surface area contributed by atoms with Crippen LogP contribution in [0.5, 0.6) is 0 Å². The molecule has 0 radical (unpaired) electrons. The molecule has 1 N–H and O–H groups in total. The number of nitrogens with zero attached hydrogens (tertiary/aromatic N) is 2. The lowest BCUT2D eigenvalue weighted by Gasteiger charge is -2.11. The molecule has 4 heteroatoms. The zero-order chi connectivity index (χ0) is 13.7. The van der Waals surface area contributed by atoms with Gasteiger partial charge >= 0.3 is 0 Å². The van der Waals surface area contributed by atoms with E-state index >= 15 is 0 Å². The SMILES string of the molecule is CC(C)CNCc1ccccc1Sc1nccn1C. The van der Waals surface area contributed by atoms with Crippen molar-refractivity contribution < 1.29 is 0 Å². The molecule has 19 heavy (non-hydrogen) atoms. The second-order valence-electron chi connectivity index (χ2n) is 5.06. The molecule has 0 aliphatic rings. The molecule has 102 valence electrons. The molecule has 2 aromatic rings. The Morgan fingerprint density at radius 2 is 2.11 bits per heavy atom. The third-order valence-corrected chi connectivity index (χ3v) is 4.01. The summed E-state index contributed by atoms with van der Waals surface area (Å²) in [7, 11) is 2.02. The van der Waals surface area contributed by atoms with E-state index in [0.717, 1.165) is 18.2 Å². The first-order valence-corrected chi connectivity index (χ1v) is 7.42. The Morgan fingerprint density at radius 1 is 1.32 bits per heavy atom. The van der Waals surface area contributed by atoms with E-state index in [1.807, 2.05) is 24.0 Å². The van der Waals surface area contributed by atoms with Crippen molar-refractivity contribution in [2.24, 2.45) is 13.0 Å². The summed E-state index contributed by atoms with van der Waals surface area (Å²) < 4.78 is 2.04. The third kappa shape index (κ3) is 4.11. The highest BCUT2D eigenvalue weighted by Crippen LogP contribution is 2.28. The molecule has 0 aliphatic heterocycles. The van der Waals surface area contributed by atoms with Gasteiger partial charge in [0.1, 0.15) is 0 Å². The second-order valence-corrected chi connectivity index (χ2v) is 6.06. The second kappa shape index (κ2) is 6.78. The number of nitrogens with one attached hydrogen (secondary N) is 1. The Morgan fingerprint density at radius 3 is 2.79 bits per heavy atom. The lowest BCUT2D eigenvalue weighted by molar-refractivity contribution is 0.550. The van der Waals surface area contributed by atoms with Gasteiger partial charge in [-0.05, 0) is 24.1 Å². The minimum absolute atomic E-state index is 0.675. The predicted octanol–water partition coefficient (Wildman–Crippen LogP) is 3.32. The maximum Gasteiger partial charge on any atom is 0.172 e. The number of benzene rings is 1. The van der Waals surface area contributed by atoms with Crippen LogP contribution >= 0.6 is 11.8 Å². The normalized spacial score (nSPS) is 11.2. The van der Waals surface area contributed by atoms with Crippen molar-refractivity contribution in [2.75, 3.05) is 6.54 Å². The summed E-state index contributed by atoms with van der Waals surface area (Å²) in [6.45, 7) is 6.40. The average Bonchev–Trinajstić information content (AvgIpc) is 2.77. The average molecular weight is 275 g/mol. The summed E-state index contributed by atoms with van der Waals surface area (Å²) in [5.74, 6) is 0.675. The molecule has 3 nitrogen and oxygen atoms in total. The largest absolute Gasteiger partial charge is 0.329 e. The monoisotopic (exact) mass is 275 g/mol. The minimum Gasteiger partial charge on any atom is -0.329 e. The van der Waals surface area contributed by atoms with Crippen molar-refractivity contribution in [1.82, 2.24) is 14.9 Å². The molecule has 0 aliphatic carbocycles. The Kier molecular flexibility index (Phi) is 5.05. The van der Waals surface area contributed by atoms with E-state index in [2.05, 4.69) is 48.4 Å². The quantitative estimate of drug-likeness (QED) is 0.877. The van der Waals surface area contributed by atoms with Crippen LogP contribution in [0.4, 0.5) is 0 Å². The van der Waals surface area contributed by atoms with Crippen molar-refractivity contribution >= 4 is 11.8 Å². The number of aromatic nitrogens is 2. The van der Waals surface area contributed by atoms with Crippen LogP contribution in [0.1, 0.15) is 19.4 Å². The van der Waals surface area contributed by atoms with Gasteiger partial charge in [0, 0.05) is 30.9 Å². The molecule has 0 bridgehead atoms. The first kappa shape index (κ1) is 14.2. The summed E-state index contributed by atoms with van der Waals surface area (Å²) >= 11 is 1.72. The van der Waals surface area contributed by atoms with E-state index < -0.39 is 0 Å². The van der Waals surface area contributed by atoms with Crippen LogP contribution in [0.2, 0.25) is 0 Å². The van der Waals surface area contributed by atoms with E-state index in [4.69, 9.17) is 0 Å². The van der Waals surface area contributed by atoms with Gasteiger partial charge in [-0.15, -0.1) is 0 Å². The van der Waals surface area contributed by atoms with Crippen LogP contribution in [0.15, 0.2) is 46.7 Å². The molecule has 0 amide bonds. The molecule has 0 saturated carbocycles. The summed E-state index contributed by atoms with van der Waals surface area (Å²) in [6.07, 6.45) is 3.81. The van der Waals surface area contributed by atoms with Crippen molar-refractivity contribution in [3.8, 4) is 0 Å². The number of hydrogen-bond donors (Lipinski definition) is 1. The van der Waals surface area contributed by atoms with Crippen LogP contribution in [-0.2, 0) is 13.6 Å². The van der Waals surface area contributed by atoms with E-state index in [1.165, 1.54) is 10.5 Å². The topological polar surface area (TPSA) is 29.9 Å². The summed E-state index contributed by atoms with van der Waals surface area (Å²) in [5.41, 5.74) is 1.33. The molecule has 1 aromatic heterocycles. The zero-order valence-corrected chi connectivity index (χ0v) is 12.6. The lowest BCUT2D eigenvalue weighted by Crippen LogP contribution is -2.19. The van der Waals surface area contributed by atoms with Gasteiger partial charge in [0.05, 0.1) is 0 Å². The van der Waals surface area contributed by atoms with Gasteiger partial charge in [-0.3, -0.25) is 0 Å². The molecule has 0 unspecified atom stereocenters. The molecular weight excluding hydrogens is 254 g/mol. The van der Waals surface area contributed by atoms with Gasteiger partial charge < -0.3 is 9.88 Å². The van der Waals surface area contributed by atoms with Crippen molar-refractivity contribution in [3.63, 3.8) is 0 Å². The van der Waals surface area contributed by atoms with E-state index in [-0.39, 0.29) is 0 Å². The van der Waals surface area contributed by atoms with Gasteiger partial charge in [-0.1, -0.05) is 43.8 Å². The highest BCUT2D eigenvalue weighted by Gasteiger charge is 2.07. The maximum atomic E-state index is 4.37. The Labute approximate surface area is 119 Å². The summed E-state index contributed by atoms with van der Waals surface area (Å²) in [5, 5.41) is 4.52. The first-order valence-electron chi connectivity index (χ1n) is 6.60. The number of aryl methyl sites for hydroxylation is 1. The molecule has 0 atom stereocenters. The lowest BCUT2D eigenvalue weighted by atomic mass is 10.2. The number of rotatable bonds is 6. The van der Waals surface area contributed by atoms with Crippen LogP contribution in [-0.4, -0.2) is 16.1 Å². The molecular formula is C15H21N3S. The summed E-state index contributed by atoms with van der Waals surface area (Å²) in [6, 6.07) is 8.51. The van der Waals surface area contributed by atoms with Gasteiger partial charge in [-0.25, -0.2) is 4.98 Å². The van der Waals surface area contributed by atoms with Crippen LogP contribution < -0.4 is 5.32 Å². The molecule has 1 heterocycles. The van der Waals surface area contributed by atoms with Crippen molar-refractivity contribution in [2.45, 2.75) is 30.4 Å². The van der Waals surface area contributed by atoms with Gasteiger partial charge in [0.2, 0.25) is 0 Å². The van der Waals surface area contributed by atoms with Gasteiger partial charge in [0.15, 0.2) is 5.16 Å².